The van der Waals surface area contributed by atoms with Crippen LogP contribution in [0.2, 0.25) is 0 Å². The molecule has 0 spiro atoms. The summed E-state index contributed by atoms with van der Waals surface area (Å²) in [7, 11) is 4.76. The molecule has 0 saturated heterocycles. The number of halogens is 1. The number of ether oxygens (including phenoxy) is 2. The van der Waals surface area contributed by atoms with Crippen LogP contribution in [0.5, 0.6) is 11.5 Å². The van der Waals surface area contributed by atoms with Crippen molar-refractivity contribution in [3.8, 4) is 11.5 Å². The molecule has 14 nitrogen and oxygen atoms in total. The number of rotatable bonds is 12. The lowest BCUT2D eigenvalue weighted by Gasteiger charge is -2.42. The third kappa shape index (κ3) is 13.0. The summed E-state index contributed by atoms with van der Waals surface area (Å²) in [6.45, 7) is 19.3. The SMILES string of the molecule is C.CC1(C)CCC(C)(C)c2cc(CBr)ccc21.COC(=O)C[C@@H](c1ccc(O)cc1)c1nnnn1C.Cn1nnnc1[C@@H](CC(=O)O)c1ccc(OCc2ccc3c(c2)C(C)(C)CCC3(C)C)cc1. The fourth-order valence-electron chi connectivity index (χ4n) is 9.32. The van der Waals surface area contributed by atoms with E-state index in [1.165, 1.54) is 58.8 Å². The Bertz CT molecular complexity index is 2670. The van der Waals surface area contributed by atoms with Gasteiger partial charge in [0.25, 0.3) is 0 Å². The van der Waals surface area contributed by atoms with Crippen molar-refractivity contribution in [2.45, 2.75) is 147 Å². The molecule has 2 N–H and O–H groups in total. The zero-order chi connectivity index (χ0) is 49.6. The number of hydrogen-bond acceptors (Lipinski definition) is 11. The number of phenols is 1. The van der Waals surface area contributed by atoms with E-state index < -0.39 is 11.9 Å². The molecule has 2 aliphatic carbocycles. The molecule has 0 saturated carbocycles. The van der Waals surface area contributed by atoms with E-state index in [2.05, 4.69) is 139 Å². The second-order valence-corrected chi connectivity index (χ2v) is 21.2. The number of carboxylic acids is 1. The fourth-order valence-corrected chi connectivity index (χ4v) is 9.67. The number of carbonyl (C=O) groups is 2. The number of hydrogen-bond donors (Lipinski definition) is 2. The molecule has 0 aliphatic heterocycles. The predicted octanol–water partition coefficient (Wildman–Crippen LogP) is 10.9. The average Bonchev–Trinajstić information content (AvgIpc) is 3.94. The Morgan fingerprint density at radius 3 is 1.48 bits per heavy atom. The summed E-state index contributed by atoms with van der Waals surface area (Å²) in [4.78, 5) is 22.9. The van der Waals surface area contributed by atoms with Gasteiger partial charge in [-0.2, -0.15) is 0 Å². The van der Waals surface area contributed by atoms with E-state index in [0.29, 0.717) is 29.1 Å². The van der Waals surface area contributed by atoms with Crippen molar-refractivity contribution in [1.29, 1.82) is 0 Å². The van der Waals surface area contributed by atoms with Crippen LogP contribution in [0.3, 0.4) is 0 Å². The lowest BCUT2D eigenvalue weighted by Crippen LogP contribution is -2.33. The second-order valence-electron chi connectivity index (χ2n) is 20.7. The van der Waals surface area contributed by atoms with Gasteiger partial charge in [-0.05, 0) is 137 Å². The highest BCUT2D eigenvalue weighted by Gasteiger charge is 2.38. The Hall–Kier alpha value is -5.96. The van der Waals surface area contributed by atoms with Crippen LogP contribution in [0.15, 0.2) is 84.9 Å². The Morgan fingerprint density at radius 2 is 1.06 bits per heavy atom. The molecule has 15 heteroatoms. The molecule has 0 amide bonds. The zero-order valence-corrected chi connectivity index (χ0v) is 43.0. The van der Waals surface area contributed by atoms with Crippen molar-refractivity contribution < 1.29 is 29.3 Å². The molecule has 370 valence electrons. The molecule has 0 radical (unpaired) electrons. The summed E-state index contributed by atoms with van der Waals surface area (Å²) < 4.78 is 13.8. The van der Waals surface area contributed by atoms with Crippen LogP contribution in [0, 0.1) is 0 Å². The van der Waals surface area contributed by atoms with Gasteiger partial charge in [-0.1, -0.05) is 139 Å². The van der Waals surface area contributed by atoms with E-state index >= 15 is 0 Å². The molecule has 0 fully saturated rings. The maximum atomic E-state index is 11.5. The number of aromatic hydroxyl groups is 1. The maximum Gasteiger partial charge on any atom is 0.306 e. The van der Waals surface area contributed by atoms with Gasteiger partial charge >= 0.3 is 11.9 Å². The van der Waals surface area contributed by atoms with Crippen LogP contribution in [0.25, 0.3) is 0 Å². The topological polar surface area (TPSA) is 180 Å². The first-order chi connectivity index (χ1) is 32.0. The number of aromatic nitrogens is 8. The summed E-state index contributed by atoms with van der Waals surface area (Å²) in [5.41, 5.74) is 11.2. The summed E-state index contributed by atoms with van der Waals surface area (Å²) >= 11 is 3.55. The first-order valence-corrected chi connectivity index (χ1v) is 24.3. The molecule has 2 aromatic heterocycles. The van der Waals surface area contributed by atoms with E-state index in [9.17, 15) is 19.8 Å². The largest absolute Gasteiger partial charge is 0.508 e. The third-order valence-corrected chi connectivity index (χ3v) is 14.5. The number of methoxy groups -OCH3 is 1. The van der Waals surface area contributed by atoms with Crippen LogP contribution >= 0.6 is 15.9 Å². The molecule has 0 bridgehead atoms. The van der Waals surface area contributed by atoms with Crippen molar-refractivity contribution in [3.05, 3.63) is 141 Å². The average molecular weight is 1010 g/mol. The third-order valence-electron chi connectivity index (χ3n) is 13.9. The molecule has 4 aromatic carbocycles. The van der Waals surface area contributed by atoms with Gasteiger partial charge in [0.1, 0.15) is 18.1 Å². The van der Waals surface area contributed by atoms with Crippen molar-refractivity contribution in [2.24, 2.45) is 14.1 Å². The molecular weight excluding hydrogens is 937 g/mol. The zero-order valence-electron chi connectivity index (χ0n) is 41.4. The number of carboxylic acid groups (broad SMARTS) is 1. The van der Waals surface area contributed by atoms with Crippen LogP contribution in [0.1, 0.15) is 169 Å². The minimum absolute atomic E-state index is 0. The maximum absolute atomic E-state index is 11.5. The van der Waals surface area contributed by atoms with Gasteiger partial charge in [-0.3, -0.25) is 9.59 Å². The monoisotopic (exact) mass is 1010 g/mol. The van der Waals surface area contributed by atoms with E-state index in [4.69, 9.17) is 9.47 Å². The first-order valence-electron chi connectivity index (χ1n) is 23.1. The molecule has 69 heavy (non-hydrogen) atoms. The predicted molar refractivity (Wildman–Crippen MR) is 272 cm³/mol. The first kappa shape index (κ1) is 54.0. The number of phenolic OH excluding ortho intramolecular Hbond substituents is 1. The van der Waals surface area contributed by atoms with Gasteiger partial charge in [0.15, 0.2) is 11.6 Å². The van der Waals surface area contributed by atoms with E-state index in [1.54, 1.807) is 49.5 Å². The van der Waals surface area contributed by atoms with Gasteiger partial charge in [0.2, 0.25) is 0 Å². The lowest BCUT2D eigenvalue weighted by atomic mass is 9.63. The number of nitrogens with zero attached hydrogens (tertiary/aromatic N) is 8. The molecule has 6 aromatic rings. The van der Waals surface area contributed by atoms with Crippen molar-refractivity contribution in [2.75, 3.05) is 7.11 Å². The van der Waals surface area contributed by atoms with E-state index in [-0.39, 0.29) is 48.7 Å². The van der Waals surface area contributed by atoms with Crippen LogP contribution in [-0.2, 0) is 62.0 Å². The van der Waals surface area contributed by atoms with Crippen LogP contribution in [0.4, 0.5) is 0 Å². The van der Waals surface area contributed by atoms with E-state index in [0.717, 1.165) is 27.8 Å². The normalized spacial score (nSPS) is 16.6. The Morgan fingerprint density at radius 1 is 0.638 bits per heavy atom. The molecule has 0 unspecified atom stereocenters. The number of tetrazole rings is 2. The number of alkyl halides is 1. The molecular formula is C54H71BrN8O6. The van der Waals surface area contributed by atoms with Gasteiger partial charge in [-0.15, -0.1) is 10.2 Å². The highest BCUT2D eigenvalue weighted by Crippen LogP contribution is 2.47. The molecule has 8 rings (SSSR count). The quantitative estimate of drug-likeness (QED) is 0.0876. The van der Waals surface area contributed by atoms with Gasteiger partial charge in [-0.25, -0.2) is 9.36 Å². The van der Waals surface area contributed by atoms with Crippen molar-refractivity contribution >= 4 is 27.9 Å². The number of aliphatic carboxylic acids is 1. The summed E-state index contributed by atoms with van der Waals surface area (Å²) in [6.07, 6.45) is 5.00. The number of carbonyl (C=O) groups excluding carboxylic acids is 1. The lowest BCUT2D eigenvalue weighted by molar-refractivity contribution is -0.141. The Labute approximate surface area is 416 Å². The molecule has 2 atom stereocenters. The van der Waals surface area contributed by atoms with Gasteiger partial charge in [0, 0.05) is 19.4 Å². The molecule has 2 aliphatic rings. The second kappa shape index (κ2) is 22.2. The number of aryl methyl sites for hydroxylation is 2. The summed E-state index contributed by atoms with van der Waals surface area (Å²) in [6, 6.07) is 27.8. The van der Waals surface area contributed by atoms with Crippen LogP contribution < -0.4 is 4.74 Å². The minimum atomic E-state index is -0.901. The van der Waals surface area contributed by atoms with E-state index in [1.807, 2.05) is 24.3 Å². The van der Waals surface area contributed by atoms with Gasteiger partial charge in [0.05, 0.1) is 31.8 Å². The van der Waals surface area contributed by atoms with Crippen molar-refractivity contribution in [3.63, 3.8) is 0 Å². The summed E-state index contributed by atoms with van der Waals surface area (Å²) in [5.74, 6) is -0.00150. The highest BCUT2D eigenvalue weighted by molar-refractivity contribution is 9.08. The highest BCUT2D eigenvalue weighted by atomic mass is 79.9. The summed E-state index contributed by atoms with van der Waals surface area (Å²) in [5, 5.41) is 42.4. The number of benzene rings is 4. The fraction of sp³-hybridized carbons (Fsp3) is 0.481. The minimum Gasteiger partial charge on any atom is -0.508 e. The Balaban J connectivity index is 0.000000209. The number of fused-ring (bicyclic) bond motifs is 2. The number of esters is 1. The molecule has 2 heterocycles. The Kier molecular flexibility index (Phi) is 17.4. The smallest absolute Gasteiger partial charge is 0.306 e. The van der Waals surface area contributed by atoms with Gasteiger partial charge < -0.3 is 19.7 Å². The van der Waals surface area contributed by atoms with Crippen LogP contribution in [-0.4, -0.2) is 69.7 Å². The van der Waals surface area contributed by atoms with Crippen molar-refractivity contribution in [1.82, 2.24) is 40.4 Å². The standard InChI is InChI=1S/C26H32N4O3.C15H21Br.C12H14N4O3.CH4/c1-25(2)12-13-26(3,4)22-14-17(6-11-21(22)25)16-33-19-9-7-18(8-10-19)20(15-23(31)32)24-27-28-29-30(24)5;1-14(2)7-8-15(3,4)13-9-11(10-16)5-6-12(13)14;1-16-12(13-14-15-16)10(7-11(18)19-2)8-3-5-9(17)6-4-8;/h6-11,14,20H,12-13,15-16H2,1-5H3,(H,31,32);5-6,9H,7-8,10H2,1-4H3;3-6,10,17H,7H2,1-2H3;1H4/t20-;;10-;/m0.0./s1.